The van der Waals surface area contributed by atoms with Crippen molar-refractivity contribution in [2.75, 3.05) is 24.7 Å². The quantitative estimate of drug-likeness (QED) is 0.852. The van der Waals surface area contributed by atoms with Gasteiger partial charge >= 0.3 is 0 Å². The van der Waals surface area contributed by atoms with Gasteiger partial charge in [0.05, 0.1) is 17.8 Å². The maximum absolute atomic E-state index is 12.0. The summed E-state index contributed by atoms with van der Waals surface area (Å²) in [6.07, 6.45) is 4.32. The molecular formula is C12H19Cl2N3O3S. The Kier molecular flexibility index (Phi) is 8.17. The maximum atomic E-state index is 12.0. The van der Waals surface area contributed by atoms with Crippen LogP contribution in [0.4, 0.5) is 5.69 Å². The van der Waals surface area contributed by atoms with E-state index in [0.717, 1.165) is 25.6 Å². The van der Waals surface area contributed by atoms with Gasteiger partial charge in [-0.25, -0.2) is 13.4 Å². The number of hydrogen-bond acceptors (Lipinski definition) is 5. The Hall–Kier alpha value is -0.890. The summed E-state index contributed by atoms with van der Waals surface area (Å²) >= 11 is 0. The molecule has 0 aromatic carbocycles. The molecule has 0 bridgehead atoms. The molecule has 1 saturated heterocycles. The van der Waals surface area contributed by atoms with Crippen LogP contribution in [-0.4, -0.2) is 38.7 Å². The highest BCUT2D eigenvalue weighted by Gasteiger charge is 2.21. The minimum absolute atomic E-state index is 0. The van der Waals surface area contributed by atoms with Gasteiger partial charge in [0.15, 0.2) is 14.9 Å². The number of nitrogens with zero attached hydrogens (tertiary/aromatic N) is 1. The summed E-state index contributed by atoms with van der Waals surface area (Å²) in [7, 11) is -3.30. The molecule has 120 valence electrons. The molecule has 0 radical (unpaired) electrons. The van der Waals surface area contributed by atoms with E-state index < -0.39 is 9.84 Å². The van der Waals surface area contributed by atoms with Crippen molar-refractivity contribution in [3.8, 4) is 0 Å². The van der Waals surface area contributed by atoms with Crippen molar-refractivity contribution in [3.05, 3.63) is 18.3 Å². The molecule has 1 aromatic heterocycles. The Morgan fingerprint density at radius 3 is 2.57 bits per heavy atom. The number of anilines is 1. The van der Waals surface area contributed by atoms with Gasteiger partial charge in [0.2, 0.25) is 5.91 Å². The van der Waals surface area contributed by atoms with E-state index in [-0.39, 0.29) is 41.7 Å². The zero-order valence-electron chi connectivity index (χ0n) is 11.5. The fourth-order valence-electron chi connectivity index (χ4n) is 1.99. The van der Waals surface area contributed by atoms with E-state index in [2.05, 4.69) is 15.6 Å². The maximum Gasteiger partial charge on any atom is 0.228 e. The predicted octanol–water partition coefficient (Wildman–Crippen LogP) is 1.27. The molecule has 1 aromatic rings. The Labute approximate surface area is 136 Å². The summed E-state index contributed by atoms with van der Waals surface area (Å²) in [5.74, 6) is -0.0931. The molecule has 6 nitrogen and oxygen atoms in total. The number of amides is 1. The van der Waals surface area contributed by atoms with Crippen molar-refractivity contribution in [2.24, 2.45) is 5.92 Å². The van der Waals surface area contributed by atoms with Crippen molar-refractivity contribution in [1.29, 1.82) is 0 Å². The molecule has 0 saturated carbocycles. The highest BCUT2D eigenvalue weighted by atomic mass is 35.5. The number of piperidine rings is 1. The first-order valence-corrected chi connectivity index (χ1v) is 8.03. The summed E-state index contributed by atoms with van der Waals surface area (Å²) in [6, 6.07) is 2.95. The van der Waals surface area contributed by atoms with Crippen LogP contribution in [0, 0.1) is 5.92 Å². The van der Waals surface area contributed by atoms with Gasteiger partial charge in [-0.3, -0.25) is 4.79 Å². The van der Waals surface area contributed by atoms with Crippen LogP contribution in [-0.2, 0) is 14.6 Å². The summed E-state index contributed by atoms with van der Waals surface area (Å²) < 4.78 is 22.5. The third kappa shape index (κ3) is 5.78. The summed E-state index contributed by atoms with van der Waals surface area (Å²) in [5.41, 5.74) is 0.517. The molecule has 2 rings (SSSR count). The SMILES string of the molecule is CS(=O)(=O)c1ccc(NC(=O)[C@@H]2CCCNC2)cn1.Cl.Cl. The smallest absolute Gasteiger partial charge is 0.228 e. The van der Waals surface area contributed by atoms with Crippen LogP contribution in [0.5, 0.6) is 0 Å². The molecule has 1 fully saturated rings. The first kappa shape index (κ1) is 20.1. The third-order valence-electron chi connectivity index (χ3n) is 3.05. The predicted molar refractivity (Wildman–Crippen MR) is 86.1 cm³/mol. The van der Waals surface area contributed by atoms with Crippen LogP contribution in [0.15, 0.2) is 23.4 Å². The van der Waals surface area contributed by atoms with E-state index in [1.165, 1.54) is 12.3 Å². The molecule has 2 N–H and O–H groups in total. The van der Waals surface area contributed by atoms with Gasteiger partial charge in [0, 0.05) is 12.8 Å². The van der Waals surface area contributed by atoms with Gasteiger partial charge in [-0.2, -0.15) is 0 Å². The van der Waals surface area contributed by atoms with E-state index in [9.17, 15) is 13.2 Å². The molecule has 1 atom stereocenters. The number of carbonyl (C=O) groups is 1. The van der Waals surface area contributed by atoms with Crippen molar-refractivity contribution in [3.63, 3.8) is 0 Å². The fourth-order valence-corrected chi connectivity index (χ4v) is 2.55. The first-order chi connectivity index (χ1) is 8.97. The van der Waals surface area contributed by atoms with Gasteiger partial charge in [-0.15, -0.1) is 24.8 Å². The molecule has 21 heavy (non-hydrogen) atoms. The summed E-state index contributed by atoms with van der Waals surface area (Å²) in [6.45, 7) is 1.63. The lowest BCUT2D eigenvalue weighted by molar-refractivity contribution is -0.120. The van der Waals surface area contributed by atoms with Crippen LogP contribution in [0.1, 0.15) is 12.8 Å². The van der Waals surface area contributed by atoms with Gasteiger partial charge in [0.25, 0.3) is 0 Å². The molecule has 0 unspecified atom stereocenters. The number of aromatic nitrogens is 1. The topological polar surface area (TPSA) is 88.2 Å². The molecule has 1 aliphatic rings. The standard InChI is InChI=1S/C12H17N3O3S.2ClH/c1-19(17,18)11-5-4-10(8-14-11)15-12(16)9-3-2-6-13-7-9;;/h4-5,8-9,13H,2-3,6-7H2,1H3,(H,15,16);2*1H/t9-;;/m1../s1. The summed E-state index contributed by atoms with van der Waals surface area (Å²) in [5, 5.41) is 5.93. The number of nitrogens with one attached hydrogen (secondary N) is 2. The van der Waals surface area contributed by atoms with Gasteiger partial charge in [-0.1, -0.05) is 0 Å². The first-order valence-electron chi connectivity index (χ1n) is 6.14. The minimum Gasteiger partial charge on any atom is -0.324 e. The monoisotopic (exact) mass is 355 g/mol. The van der Waals surface area contributed by atoms with E-state index >= 15 is 0 Å². The molecule has 0 spiro atoms. The average molecular weight is 356 g/mol. The number of sulfone groups is 1. The minimum atomic E-state index is -3.30. The highest BCUT2D eigenvalue weighted by molar-refractivity contribution is 7.90. The fraction of sp³-hybridized carbons (Fsp3) is 0.500. The van der Waals surface area contributed by atoms with Crippen molar-refractivity contribution in [2.45, 2.75) is 17.9 Å². The van der Waals surface area contributed by atoms with E-state index in [0.29, 0.717) is 12.2 Å². The molecule has 1 amide bonds. The van der Waals surface area contributed by atoms with Crippen LogP contribution in [0.25, 0.3) is 0 Å². The third-order valence-corrected chi connectivity index (χ3v) is 4.05. The lowest BCUT2D eigenvalue weighted by Gasteiger charge is -2.21. The molecule has 1 aliphatic heterocycles. The second kappa shape index (κ2) is 8.53. The van der Waals surface area contributed by atoms with E-state index in [1.54, 1.807) is 6.07 Å². The van der Waals surface area contributed by atoms with Crippen LogP contribution < -0.4 is 10.6 Å². The Bertz CT molecular complexity index is 558. The number of carbonyl (C=O) groups excluding carboxylic acids is 1. The lowest BCUT2D eigenvalue weighted by atomic mass is 9.99. The Balaban J connectivity index is 0.00000200. The van der Waals surface area contributed by atoms with Crippen LogP contribution in [0.3, 0.4) is 0 Å². The highest BCUT2D eigenvalue weighted by Crippen LogP contribution is 2.15. The van der Waals surface area contributed by atoms with Gasteiger partial charge in [-0.05, 0) is 31.5 Å². The molecule has 9 heteroatoms. The zero-order chi connectivity index (χ0) is 13.9. The molecular weight excluding hydrogens is 337 g/mol. The number of halogens is 2. The number of hydrogen-bond donors (Lipinski definition) is 2. The zero-order valence-corrected chi connectivity index (χ0v) is 14.0. The largest absolute Gasteiger partial charge is 0.324 e. The van der Waals surface area contributed by atoms with E-state index in [1.807, 2.05) is 0 Å². The van der Waals surface area contributed by atoms with E-state index in [4.69, 9.17) is 0 Å². The normalized spacial score (nSPS) is 18.0. The van der Waals surface area contributed by atoms with Crippen LogP contribution in [0.2, 0.25) is 0 Å². The second-order valence-electron chi connectivity index (χ2n) is 4.69. The summed E-state index contributed by atoms with van der Waals surface area (Å²) in [4.78, 5) is 15.8. The van der Waals surface area contributed by atoms with Gasteiger partial charge in [0.1, 0.15) is 0 Å². The number of pyridine rings is 1. The Morgan fingerprint density at radius 1 is 1.38 bits per heavy atom. The second-order valence-corrected chi connectivity index (χ2v) is 6.65. The van der Waals surface area contributed by atoms with Crippen LogP contribution >= 0.6 is 24.8 Å². The van der Waals surface area contributed by atoms with Gasteiger partial charge < -0.3 is 10.6 Å². The average Bonchev–Trinajstić information content (AvgIpc) is 2.39. The van der Waals surface area contributed by atoms with Crippen molar-refractivity contribution in [1.82, 2.24) is 10.3 Å². The lowest BCUT2D eigenvalue weighted by Crippen LogP contribution is -2.37. The Morgan fingerprint density at radius 2 is 2.10 bits per heavy atom. The van der Waals surface area contributed by atoms with Crippen molar-refractivity contribution >= 4 is 46.2 Å². The molecule has 0 aliphatic carbocycles. The van der Waals surface area contributed by atoms with Crippen molar-refractivity contribution < 1.29 is 13.2 Å². The number of rotatable bonds is 3. The molecule has 2 heterocycles.